The normalized spacial score (nSPS) is 22.8. The van der Waals surface area contributed by atoms with Crippen molar-refractivity contribution in [3.8, 4) is 11.5 Å². The molecule has 2 aromatic rings. The van der Waals surface area contributed by atoms with Gasteiger partial charge >= 0.3 is 0 Å². The monoisotopic (exact) mass is 339 g/mol. The molecular weight excluding hydrogens is 314 g/mol. The van der Waals surface area contributed by atoms with E-state index in [0.717, 1.165) is 56.3 Å². The number of hydrogen-bond donors (Lipinski definition) is 1. The van der Waals surface area contributed by atoms with Gasteiger partial charge < -0.3 is 19.7 Å². The first kappa shape index (κ1) is 16.2. The summed E-state index contributed by atoms with van der Waals surface area (Å²) in [6.45, 7) is 2.82. The van der Waals surface area contributed by atoms with Gasteiger partial charge in [0.2, 0.25) is 0 Å². The van der Waals surface area contributed by atoms with Crippen molar-refractivity contribution in [2.45, 2.75) is 31.3 Å². The van der Waals surface area contributed by atoms with E-state index in [1.54, 1.807) is 7.11 Å². The van der Waals surface area contributed by atoms with Gasteiger partial charge in [0.05, 0.1) is 13.7 Å². The number of pyridine rings is 1. The molecule has 1 saturated heterocycles. The Labute approximate surface area is 149 Å². The standard InChI is InChI=1S/C20H25N3O2/c1-24-16-7-8-19-17(13-16)18(5-4-12-25-19)22-15-9-11-23(14-15)20-6-2-3-10-21-20/h2-3,6-8,10,13,15,18,22H,4-5,9,11-12,14H2,1H3/t15-,18-/m1/s1. The molecule has 0 spiro atoms. The van der Waals surface area contributed by atoms with E-state index < -0.39 is 0 Å². The van der Waals surface area contributed by atoms with Crippen LogP contribution in [0.1, 0.15) is 30.9 Å². The predicted molar refractivity (Wildman–Crippen MR) is 98.5 cm³/mol. The molecule has 2 aliphatic heterocycles. The number of fused-ring (bicyclic) bond motifs is 1. The van der Waals surface area contributed by atoms with Crippen molar-refractivity contribution in [3.05, 3.63) is 48.2 Å². The van der Waals surface area contributed by atoms with Crippen LogP contribution in [0.4, 0.5) is 5.82 Å². The van der Waals surface area contributed by atoms with Crippen LogP contribution < -0.4 is 19.7 Å². The summed E-state index contributed by atoms with van der Waals surface area (Å²) in [4.78, 5) is 6.84. The van der Waals surface area contributed by atoms with Crippen molar-refractivity contribution in [1.29, 1.82) is 0 Å². The maximum atomic E-state index is 5.92. The molecule has 0 amide bonds. The number of ether oxygens (including phenoxy) is 2. The van der Waals surface area contributed by atoms with E-state index in [4.69, 9.17) is 9.47 Å². The second-order valence-electron chi connectivity index (χ2n) is 6.73. The highest BCUT2D eigenvalue weighted by Gasteiger charge is 2.28. The fourth-order valence-corrected chi connectivity index (χ4v) is 3.79. The molecule has 5 nitrogen and oxygen atoms in total. The van der Waals surface area contributed by atoms with Crippen LogP contribution in [0.3, 0.4) is 0 Å². The van der Waals surface area contributed by atoms with Crippen LogP contribution in [0, 0.1) is 0 Å². The average Bonchev–Trinajstić information content (AvgIpc) is 3.04. The molecule has 1 N–H and O–H groups in total. The Morgan fingerprint density at radius 3 is 3.04 bits per heavy atom. The quantitative estimate of drug-likeness (QED) is 0.927. The number of nitrogens with one attached hydrogen (secondary N) is 1. The third kappa shape index (κ3) is 3.56. The van der Waals surface area contributed by atoms with Gasteiger partial charge in [-0.3, -0.25) is 0 Å². The van der Waals surface area contributed by atoms with Crippen molar-refractivity contribution in [2.24, 2.45) is 0 Å². The van der Waals surface area contributed by atoms with Crippen molar-refractivity contribution >= 4 is 5.82 Å². The van der Waals surface area contributed by atoms with Crippen molar-refractivity contribution in [2.75, 3.05) is 31.7 Å². The van der Waals surface area contributed by atoms with Crippen molar-refractivity contribution in [3.63, 3.8) is 0 Å². The lowest BCUT2D eigenvalue weighted by molar-refractivity contribution is 0.314. The molecule has 5 heteroatoms. The van der Waals surface area contributed by atoms with Crippen LogP contribution in [0.25, 0.3) is 0 Å². The zero-order chi connectivity index (χ0) is 17.1. The first-order chi connectivity index (χ1) is 12.3. The van der Waals surface area contributed by atoms with Crippen LogP contribution >= 0.6 is 0 Å². The molecule has 1 aromatic heterocycles. The molecule has 3 heterocycles. The summed E-state index contributed by atoms with van der Waals surface area (Å²) >= 11 is 0. The highest BCUT2D eigenvalue weighted by molar-refractivity contribution is 5.43. The largest absolute Gasteiger partial charge is 0.497 e. The summed E-state index contributed by atoms with van der Waals surface area (Å²) in [6.07, 6.45) is 5.14. The van der Waals surface area contributed by atoms with Gasteiger partial charge in [0.25, 0.3) is 0 Å². The molecule has 0 bridgehead atoms. The molecule has 0 aliphatic carbocycles. The minimum atomic E-state index is 0.307. The van der Waals surface area contributed by atoms with Crippen LogP contribution in [-0.2, 0) is 0 Å². The first-order valence-electron chi connectivity index (χ1n) is 9.06. The maximum Gasteiger partial charge on any atom is 0.128 e. The first-order valence-corrected chi connectivity index (χ1v) is 9.06. The number of aromatic nitrogens is 1. The molecule has 2 atom stereocenters. The summed E-state index contributed by atoms with van der Waals surface area (Å²) in [5.41, 5.74) is 1.22. The van der Waals surface area contributed by atoms with E-state index in [-0.39, 0.29) is 0 Å². The number of benzene rings is 1. The van der Waals surface area contributed by atoms with Gasteiger partial charge in [0.1, 0.15) is 17.3 Å². The van der Waals surface area contributed by atoms with Crippen molar-refractivity contribution in [1.82, 2.24) is 10.3 Å². The lowest BCUT2D eigenvalue weighted by Gasteiger charge is -2.24. The molecule has 4 rings (SSSR count). The number of nitrogens with zero attached hydrogens (tertiary/aromatic N) is 2. The zero-order valence-corrected chi connectivity index (χ0v) is 14.6. The van der Waals surface area contributed by atoms with Gasteiger partial charge in [-0.25, -0.2) is 4.98 Å². The van der Waals surface area contributed by atoms with Gasteiger partial charge in [-0.2, -0.15) is 0 Å². The Kier molecular flexibility index (Phi) is 4.74. The lowest BCUT2D eigenvalue weighted by atomic mass is 10.0. The fraction of sp³-hybridized carbons (Fsp3) is 0.450. The Balaban J connectivity index is 1.48. The number of rotatable bonds is 4. The number of anilines is 1. The minimum Gasteiger partial charge on any atom is -0.497 e. The molecule has 1 aromatic carbocycles. The van der Waals surface area contributed by atoms with E-state index >= 15 is 0 Å². The molecule has 25 heavy (non-hydrogen) atoms. The average molecular weight is 339 g/mol. The summed E-state index contributed by atoms with van der Waals surface area (Å²) in [5, 5.41) is 3.86. The highest BCUT2D eigenvalue weighted by atomic mass is 16.5. The van der Waals surface area contributed by atoms with Gasteiger partial charge in [-0.05, 0) is 49.6 Å². The molecule has 1 fully saturated rings. The van der Waals surface area contributed by atoms with E-state index in [9.17, 15) is 0 Å². The maximum absolute atomic E-state index is 5.92. The van der Waals surface area contributed by atoms with Crippen molar-refractivity contribution < 1.29 is 9.47 Å². The Morgan fingerprint density at radius 2 is 2.20 bits per heavy atom. The lowest BCUT2D eigenvalue weighted by Crippen LogP contribution is -2.35. The van der Waals surface area contributed by atoms with Crippen LogP contribution in [-0.4, -0.2) is 37.8 Å². The Morgan fingerprint density at radius 1 is 1.24 bits per heavy atom. The minimum absolute atomic E-state index is 0.307. The topological polar surface area (TPSA) is 46.6 Å². The Bertz CT molecular complexity index is 707. The summed E-state index contributed by atoms with van der Waals surface area (Å²) in [6, 6.07) is 13.0. The van der Waals surface area contributed by atoms with E-state index in [2.05, 4.69) is 27.3 Å². The zero-order valence-electron chi connectivity index (χ0n) is 14.6. The highest BCUT2D eigenvalue weighted by Crippen LogP contribution is 2.35. The summed E-state index contributed by atoms with van der Waals surface area (Å²) < 4.78 is 11.3. The molecular formula is C20H25N3O2. The summed E-state index contributed by atoms with van der Waals surface area (Å²) in [5.74, 6) is 2.94. The summed E-state index contributed by atoms with van der Waals surface area (Å²) in [7, 11) is 1.71. The molecule has 2 aliphatic rings. The third-order valence-electron chi connectivity index (χ3n) is 5.09. The molecule has 0 saturated carbocycles. The number of hydrogen-bond acceptors (Lipinski definition) is 5. The molecule has 132 valence electrons. The number of methoxy groups -OCH3 is 1. The van der Waals surface area contributed by atoms with E-state index in [1.807, 2.05) is 30.5 Å². The van der Waals surface area contributed by atoms with Gasteiger partial charge in [-0.15, -0.1) is 0 Å². The second kappa shape index (κ2) is 7.31. The SMILES string of the molecule is COc1ccc2c(c1)[C@H](N[C@@H]1CCN(c3ccccn3)C1)CCCO2. The van der Waals surface area contributed by atoms with E-state index in [0.29, 0.717) is 12.1 Å². The van der Waals surface area contributed by atoms with Crippen LogP contribution in [0.15, 0.2) is 42.6 Å². The second-order valence-corrected chi connectivity index (χ2v) is 6.73. The fourth-order valence-electron chi connectivity index (χ4n) is 3.79. The van der Waals surface area contributed by atoms with Gasteiger partial charge in [0.15, 0.2) is 0 Å². The third-order valence-corrected chi connectivity index (χ3v) is 5.09. The van der Waals surface area contributed by atoms with Crippen LogP contribution in [0.5, 0.6) is 11.5 Å². The van der Waals surface area contributed by atoms with Gasteiger partial charge in [-0.1, -0.05) is 6.07 Å². The smallest absolute Gasteiger partial charge is 0.128 e. The van der Waals surface area contributed by atoms with Gasteiger partial charge in [0, 0.05) is 36.9 Å². The predicted octanol–water partition coefficient (Wildman–Crippen LogP) is 3.17. The van der Waals surface area contributed by atoms with Crippen LogP contribution in [0.2, 0.25) is 0 Å². The molecule has 0 unspecified atom stereocenters. The van der Waals surface area contributed by atoms with E-state index in [1.165, 1.54) is 5.56 Å². The Hall–Kier alpha value is -2.27. The molecule has 0 radical (unpaired) electrons.